The van der Waals surface area contributed by atoms with Crippen molar-refractivity contribution >= 4 is 11.6 Å². The van der Waals surface area contributed by atoms with Gasteiger partial charge in [-0.25, -0.2) is 0 Å². The van der Waals surface area contributed by atoms with Gasteiger partial charge < -0.3 is 28.5 Å². The number of nitrogens with zero attached hydrogens (tertiary/aromatic N) is 1. The topological polar surface area (TPSA) is 0 Å². The van der Waals surface area contributed by atoms with E-state index >= 15 is 0 Å². The number of quaternary nitrogens is 1. The molecule has 0 aromatic heterocycles. The Balaban J connectivity index is 0.00000147. The summed E-state index contributed by atoms with van der Waals surface area (Å²) in [5.74, 6) is 1.78. The van der Waals surface area contributed by atoms with Crippen molar-refractivity contribution in [3.05, 3.63) is 34.9 Å². The van der Waals surface area contributed by atoms with E-state index in [1.807, 2.05) is 12.1 Å². The number of halogens is 2. The third-order valence-corrected chi connectivity index (χ3v) is 6.17. The van der Waals surface area contributed by atoms with Crippen molar-refractivity contribution in [1.29, 1.82) is 0 Å². The predicted molar refractivity (Wildman–Crippen MR) is 81.1 cm³/mol. The molecule has 2 atom stereocenters. The second kappa shape index (κ2) is 5.77. The van der Waals surface area contributed by atoms with Crippen molar-refractivity contribution < 1.29 is 28.5 Å². The van der Waals surface area contributed by atoms with Crippen LogP contribution in [0.15, 0.2) is 24.3 Å². The van der Waals surface area contributed by atoms with Gasteiger partial charge in [0.05, 0.1) is 20.1 Å². The molecular formula is C17H25ClIN. The third-order valence-electron chi connectivity index (χ3n) is 5.80. The summed E-state index contributed by atoms with van der Waals surface area (Å²) in [6.45, 7) is 8.68. The van der Waals surface area contributed by atoms with Crippen LogP contribution in [0.4, 0.5) is 0 Å². The first kappa shape index (κ1) is 16.6. The molecule has 2 aliphatic rings. The second-order valence-electron chi connectivity index (χ2n) is 7.53. The molecule has 112 valence electrons. The zero-order valence-corrected chi connectivity index (χ0v) is 15.6. The van der Waals surface area contributed by atoms with Crippen LogP contribution in [0, 0.1) is 17.3 Å². The first-order chi connectivity index (χ1) is 8.91. The van der Waals surface area contributed by atoms with Gasteiger partial charge in [-0.3, -0.25) is 0 Å². The zero-order chi connectivity index (χ0) is 13.7. The fourth-order valence-electron chi connectivity index (χ4n) is 4.44. The Bertz CT molecular complexity index is 470. The minimum Gasteiger partial charge on any atom is -1.00 e. The van der Waals surface area contributed by atoms with E-state index < -0.39 is 0 Å². The highest BCUT2D eigenvalue weighted by Gasteiger charge is 2.53. The first-order valence-electron chi connectivity index (χ1n) is 7.48. The van der Waals surface area contributed by atoms with E-state index in [9.17, 15) is 0 Å². The molecule has 1 aromatic rings. The van der Waals surface area contributed by atoms with Gasteiger partial charge in [0, 0.05) is 22.4 Å². The maximum absolute atomic E-state index is 6.34. The van der Waals surface area contributed by atoms with E-state index in [2.05, 4.69) is 33.0 Å². The number of hydrogen-bond donors (Lipinski definition) is 0. The van der Waals surface area contributed by atoms with Gasteiger partial charge in [-0.05, 0) is 24.3 Å². The molecule has 2 bridgehead atoms. The zero-order valence-electron chi connectivity index (χ0n) is 12.7. The molecule has 2 fully saturated rings. The molecular weight excluding hydrogens is 381 g/mol. The number of likely N-dealkylation sites (tertiary alicyclic amines) is 1. The molecule has 1 aliphatic carbocycles. The van der Waals surface area contributed by atoms with Crippen molar-refractivity contribution in [1.82, 2.24) is 0 Å². The first-order valence-corrected chi connectivity index (χ1v) is 7.85. The number of benzene rings is 1. The Morgan fingerprint density at radius 2 is 1.70 bits per heavy atom. The largest absolute Gasteiger partial charge is 1.00 e. The van der Waals surface area contributed by atoms with Crippen molar-refractivity contribution in [2.75, 3.05) is 20.1 Å². The number of piperidine rings is 1. The average Bonchev–Trinajstić information content (AvgIpc) is 2.52. The molecule has 0 spiro atoms. The highest BCUT2D eigenvalue weighted by atomic mass is 127. The third kappa shape index (κ3) is 2.89. The fourth-order valence-corrected chi connectivity index (χ4v) is 4.63. The Kier molecular flexibility index (Phi) is 4.78. The van der Waals surface area contributed by atoms with Crippen LogP contribution in [0.25, 0.3) is 0 Å². The summed E-state index contributed by atoms with van der Waals surface area (Å²) in [4.78, 5) is 0. The van der Waals surface area contributed by atoms with Gasteiger partial charge in [0.25, 0.3) is 0 Å². The molecule has 2 unspecified atom stereocenters. The lowest BCUT2D eigenvalue weighted by atomic mass is 9.71. The van der Waals surface area contributed by atoms with Crippen LogP contribution in [-0.4, -0.2) is 24.6 Å². The van der Waals surface area contributed by atoms with Crippen molar-refractivity contribution in [2.45, 2.75) is 33.2 Å². The maximum atomic E-state index is 6.34. The highest BCUT2D eigenvalue weighted by molar-refractivity contribution is 6.31. The lowest BCUT2D eigenvalue weighted by molar-refractivity contribution is -0.935. The smallest absolute Gasteiger partial charge is 0.106 e. The fraction of sp³-hybridized carbons (Fsp3) is 0.647. The SMILES string of the molecule is CC1(C)C2CCC1C[N+](C)(Cc1ccccc1Cl)C2.[I-]. The van der Waals surface area contributed by atoms with E-state index in [1.54, 1.807) is 0 Å². The minimum atomic E-state index is 0. The predicted octanol–water partition coefficient (Wildman–Crippen LogP) is 1.36. The molecule has 1 nitrogen and oxygen atoms in total. The minimum absolute atomic E-state index is 0. The molecule has 3 heteroatoms. The monoisotopic (exact) mass is 405 g/mol. The summed E-state index contributed by atoms with van der Waals surface area (Å²) in [6.07, 6.45) is 2.85. The standard InChI is InChI=1S/C17H25ClN.HI/c1-17(2)14-8-9-15(17)12-19(3,11-14)10-13-6-4-5-7-16(13)18;/h4-7,14-15H,8-12H2,1-3H3;1H/q+1;/p-1. The van der Waals surface area contributed by atoms with Crippen LogP contribution in [0.5, 0.6) is 0 Å². The number of rotatable bonds is 2. The molecule has 1 heterocycles. The Labute approximate surface area is 145 Å². The summed E-state index contributed by atoms with van der Waals surface area (Å²) >= 11 is 6.34. The van der Waals surface area contributed by atoms with Crippen molar-refractivity contribution in [2.24, 2.45) is 17.3 Å². The molecule has 0 radical (unpaired) electrons. The normalized spacial score (nSPS) is 34.6. The molecule has 1 aliphatic heterocycles. The van der Waals surface area contributed by atoms with Crippen LogP contribution in [0.1, 0.15) is 32.3 Å². The van der Waals surface area contributed by atoms with Crippen LogP contribution in [0.2, 0.25) is 5.02 Å². The molecule has 3 rings (SSSR count). The van der Waals surface area contributed by atoms with Gasteiger partial charge in [0.15, 0.2) is 0 Å². The Hall–Kier alpha value is 0.200. The molecule has 20 heavy (non-hydrogen) atoms. The maximum Gasteiger partial charge on any atom is 0.106 e. The van der Waals surface area contributed by atoms with Gasteiger partial charge in [0.1, 0.15) is 6.54 Å². The summed E-state index contributed by atoms with van der Waals surface area (Å²) in [5.41, 5.74) is 1.86. The van der Waals surface area contributed by atoms with Crippen molar-refractivity contribution in [3.63, 3.8) is 0 Å². The second-order valence-corrected chi connectivity index (χ2v) is 7.93. The number of fused-ring (bicyclic) bond motifs is 2. The highest BCUT2D eigenvalue weighted by Crippen LogP contribution is 2.52. The quantitative estimate of drug-likeness (QED) is 0.515. The number of hydrogen-bond acceptors (Lipinski definition) is 0. The molecule has 0 N–H and O–H groups in total. The Morgan fingerprint density at radius 3 is 2.25 bits per heavy atom. The lowest BCUT2D eigenvalue weighted by Gasteiger charge is -2.48. The summed E-state index contributed by atoms with van der Waals surface area (Å²) in [6, 6.07) is 8.34. The van der Waals surface area contributed by atoms with E-state index in [0.29, 0.717) is 5.41 Å². The van der Waals surface area contributed by atoms with E-state index in [1.165, 1.54) is 36.0 Å². The van der Waals surface area contributed by atoms with Gasteiger partial charge in [0.2, 0.25) is 0 Å². The molecule has 1 aromatic carbocycles. The van der Waals surface area contributed by atoms with Crippen LogP contribution in [-0.2, 0) is 6.54 Å². The summed E-state index contributed by atoms with van der Waals surface area (Å²) < 4.78 is 1.17. The molecule has 1 saturated carbocycles. The van der Waals surface area contributed by atoms with Crippen LogP contribution < -0.4 is 24.0 Å². The Morgan fingerprint density at radius 1 is 1.15 bits per heavy atom. The van der Waals surface area contributed by atoms with E-state index in [-0.39, 0.29) is 24.0 Å². The van der Waals surface area contributed by atoms with Gasteiger partial charge in [-0.15, -0.1) is 0 Å². The van der Waals surface area contributed by atoms with E-state index in [4.69, 9.17) is 11.6 Å². The van der Waals surface area contributed by atoms with E-state index in [0.717, 1.165) is 23.4 Å². The molecule has 0 amide bonds. The molecule has 1 saturated heterocycles. The van der Waals surface area contributed by atoms with Gasteiger partial charge >= 0.3 is 0 Å². The van der Waals surface area contributed by atoms with Crippen LogP contribution in [0.3, 0.4) is 0 Å². The van der Waals surface area contributed by atoms with Gasteiger partial charge in [-0.2, -0.15) is 0 Å². The average molecular weight is 406 g/mol. The van der Waals surface area contributed by atoms with Gasteiger partial charge in [-0.1, -0.05) is 43.6 Å². The summed E-state index contributed by atoms with van der Waals surface area (Å²) in [7, 11) is 2.42. The lowest BCUT2D eigenvalue weighted by Crippen LogP contribution is -3.00. The van der Waals surface area contributed by atoms with Crippen LogP contribution >= 0.6 is 11.6 Å². The summed E-state index contributed by atoms with van der Waals surface area (Å²) in [5, 5.41) is 0.930. The van der Waals surface area contributed by atoms with Crippen molar-refractivity contribution in [3.8, 4) is 0 Å².